The van der Waals surface area contributed by atoms with Crippen molar-refractivity contribution in [3.8, 4) is 0 Å². The van der Waals surface area contributed by atoms with Gasteiger partial charge in [0.05, 0.1) is 34.2 Å². The number of likely N-dealkylation sites (N-methyl/N-ethyl adjacent to an activating group) is 1. The predicted molar refractivity (Wildman–Crippen MR) is 81.4 cm³/mol. The van der Waals surface area contributed by atoms with Gasteiger partial charge < -0.3 is 4.90 Å². The highest BCUT2D eigenvalue weighted by Crippen LogP contribution is 2.17. The van der Waals surface area contributed by atoms with Gasteiger partial charge in [0, 0.05) is 19.8 Å². The molecule has 6 nitrogen and oxygen atoms in total. The molecule has 21 heavy (non-hydrogen) atoms. The lowest BCUT2D eigenvalue weighted by molar-refractivity contribution is -0.131. The quantitative estimate of drug-likeness (QED) is 0.846. The van der Waals surface area contributed by atoms with Crippen LogP contribution < -0.4 is 0 Å². The molecule has 0 fully saturated rings. The molecule has 0 aliphatic rings. The van der Waals surface area contributed by atoms with Crippen LogP contribution in [0.15, 0.2) is 12.4 Å². The number of hydrogen-bond donors (Lipinski definition) is 0. The van der Waals surface area contributed by atoms with Gasteiger partial charge >= 0.3 is 0 Å². The molecule has 8 heteroatoms. The first kappa shape index (κ1) is 15.9. The zero-order chi connectivity index (χ0) is 15.6. The van der Waals surface area contributed by atoms with Gasteiger partial charge in [-0.25, -0.2) is 0 Å². The minimum absolute atomic E-state index is 0.0749. The Morgan fingerprint density at radius 2 is 2.10 bits per heavy atom. The molecule has 0 radical (unpaired) electrons. The third-order valence-electron chi connectivity index (χ3n) is 3.19. The van der Waals surface area contributed by atoms with Gasteiger partial charge in [0.1, 0.15) is 6.54 Å². The number of hydrogen-bond acceptors (Lipinski definition) is 3. The minimum Gasteiger partial charge on any atom is -0.338 e. The minimum atomic E-state index is -0.0749. The molecule has 0 saturated heterocycles. The normalized spacial score (nSPS) is 10.9. The third-order valence-corrected chi connectivity index (χ3v) is 3.88. The Morgan fingerprint density at radius 1 is 1.38 bits per heavy atom. The summed E-state index contributed by atoms with van der Waals surface area (Å²) in [5, 5.41) is 9.45. The van der Waals surface area contributed by atoms with Crippen molar-refractivity contribution < 1.29 is 4.79 Å². The molecule has 0 aromatic carbocycles. The number of halogens is 2. The van der Waals surface area contributed by atoms with Crippen molar-refractivity contribution >= 4 is 29.1 Å². The summed E-state index contributed by atoms with van der Waals surface area (Å²) in [4.78, 5) is 13.8. The highest BCUT2D eigenvalue weighted by molar-refractivity contribution is 6.31. The standard InChI is InChI=1S/C13H17Cl2N5O/c1-4-20-12(10(14)5-16-20)7-18(3)13(21)8-19-6-11(15)9(2)17-19/h5-6H,4,7-8H2,1-3H3. The van der Waals surface area contributed by atoms with Crippen molar-refractivity contribution in [3.63, 3.8) is 0 Å². The Hall–Kier alpha value is -1.53. The number of carbonyl (C=O) groups excluding carboxylic acids is 1. The van der Waals surface area contributed by atoms with Crippen molar-refractivity contribution in [3.05, 3.63) is 33.8 Å². The Balaban J connectivity index is 2.04. The van der Waals surface area contributed by atoms with Gasteiger partial charge in [0.25, 0.3) is 0 Å². The molecule has 0 saturated carbocycles. The Bertz CT molecular complexity index is 630. The Kier molecular flexibility index (Phi) is 4.90. The topological polar surface area (TPSA) is 56.0 Å². The molecule has 2 aromatic rings. The number of aromatic nitrogens is 4. The van der Waals surface area contributed by atoms with Crippen molar-refractivity contribution in [1.82, 2.24) is 24.5 Å². The van der Waals surface area contributed by atoms with E-state index in [0.717, 1.165) is 5.69 Å². The second kappa shape index (κ2) is 6.49. The van der Waals surface area contributed by atoms with Crippen LogP contribution in [0.25, 0.3) is 0 Å². The van der Waals surface area contributed by atoms with Crippen molar-refractivity contribution in [2.45, 2.75) is 33.5 Å². The van der Waals surface area contributed by atoms with Crippen LogP contribution in [0.1, 0.15) is 18.3 Å². The lowest BCUT2D eigenvalue weighted by atomic mass is 10.3. The van der Waals surface area contributed by atoms with Gasteiger partial charge in [-0.15, -0.1) is 0 Å². The van der Waals surface area contributed by atoms with E-state index in [1.807, 2.05) is 6.92 Å². The number of aryl methyl sites for hydroxylation is 2. The van der Waals surface area contributed by atoms with Gasteiger partial charge in [0.15, 0.2) is 0 Å². The summed E-state index contributed by atoms with van der Waals surface area (Å²) in [7, 11) is 1.73. The fourth-order valence-corrected chi connectivity index (χ4v) is 2.32. The Morgan fingerprint density at radius 3 is 2.67 bits per heavy atom. The first-order valence-corrected chi connectivity index (χ1v) is 7.31. The summed E-state index contributed by atoms with van der Waals surface area (Å²) in [5.41, 5.74) is 1.53. The largest absolute Gasteiger partial charge is 0.338 e. The molecule has 0 N–H and O–H groups in total. The molecule has 0 spiro atoms. The van der Waals surface area contributed by atoms with Crippen molar-refractivity contribution in [1.29, 1.82) is 0 Å². The number of carbonyl (C=O) groups is 1. The fraction of sp³-hybridized carbons (Fsp3) is 0.462. The SMILES string of the molecule is CCn1ncc(Cl)c1CN(C)C(=O)Cn1cc(Cl)c(C)n1. The van der Waals surface area contributed by atoms with Crippen molar-refractivity contribution in [2.75, 3.05) is 7.05 Å². The monoisotopic (exact) mass is 329 g/mol. The molecular weight excluding hydrogens is 313 g/mol. The summed E-state index contributed by atoms with van der Waals surface area (Å²) < 4.78 is 3.32. The van der Waals surface area contributed by atoms with E-state index in [9.17, 15) is 4.79 Å². The maximum atomic E-state index is 12.2. The number of nitrogens with zero attached hydrogens (tertiary/aromatic N) is 5. The summed E-state index contributed by atoms with van der Waals surface area (Å²) >= 11 is 12.0. The molecule has 0 aliphatic carbocycles. The van der Waals surface area contributed by atoms with Gasteiger partial charge in [-0.1, -0.05) is 23.2 Å². The van der Waals surface area contributed by atoms with Crippen LogP contribution in [0.2, 0.25) is 10.0 Å². The van der Waals surface area contributed by atoms with Gasteiger partial charge in [-0.05, 0) is 13.8 Å². The number of amides is 1. The maximum Gasteiger partial charge on any atom is 0.244 e. The van der Waals surface area contributed by atoms with Crippen LogP contribution in [-0.4, -0.2) is 37.4 Å². The van der Waals surface area contributed by atoms with Crippen molar-refractivity contribution in [2.24, 2.45) is 0 Å². The van der Waals surface area contributed by atoms with E-state index in [1.165, 1.54) is 4.68 Å². The molecule has 2 aromatic heterocycles. The van der Waals surface area contributed by atoms with E-state index in [0.29, 0.717) is 28.8 Å². The molecule has 114 valence electrons. The van der Waals surface area contributed by atoms with E-state index in [-0.39, 0.29) is 12.5 Å². The molecule has 0 unspecified atom stereocenters. The first-order chi connectivity index (χ1) is 9.92. The second-order valence-corrected chi connectivity index (χ2v) is 5.58. The summed E-state index contributed by atoms with van der Waals surface area (Å²) in [5.74, 6) is -0.0749. The van der Waals surface area contributed by atoms with Crippen LogP contribution >= 0.6 is 23.2 Å². The second-order valence-electron chi connectivity index (χ2n) is 4.76. The molecule has 0 bridgehead atoms. The average Bonchev–Trinajstić information content (AvgIpc) is 2.93. The van der Waals surface area contributed by atoms with Gasteiger partial charge in [-0.3, -0.25) is 14.2 Å². The van der Waals surface area contributed by atoms with E-state index in [4.69, 9.17) is 23.2 Å². The molecule has 0 aliphatic heterocycles. The maximum absolute atomic E-state index is 12.2. The van der Waals surface area contributed by atoms with Gasteiger partial charge in [0.2, 0.25) is 5.91 Å². The average molecular weight is 330 g/mol. The van der Waals surface area contributed by atoms with Crippen LogP contribution in [-0.2, 0) is 24.4 Å². The molecule has 1 amide bonds. The van der Waals surface area contributed by atoms with Crippen LogP contribution in [0.4, 0.5) is 0 Å². The smallest absolute Gasteiger partial charge is 0.244 e. The highest BCUT2D eigenvalue weighted by Gasteiger charge is 2.16. The first-order valence-electron chi connectivity index (χ1n) is 6.56. The molecule has 0 atom stereocenters. The van der Waals surface area contributed by atoms with E-state index in [1.54, 1.807) is 35.9 Å². The highest BCUT2D eigenvalue weighted by atomic mass is 35.5. The van der Waals surface area contributed by atoms with E-state index < -0.39 is 0 Å². The zero-order valence-electron chi connectivity index (χ0n) is 12.2. The van der Waals surface area contributed by atoms with E-state index in [2.05, 4.69) is 10.2 Å². The van der Waals surface area contributed by atoms with Gasteiger partial charge in [-0.2, -0.15) is 10.2 Å². The lowest BCUT2D eigenvalue weighted by Gasteiger charge is -2.18. The summed E-state index contributed by atoms with van der Waals surface area (Å²) in [6, 6.07) is 0. The zero-order valence-corrected chi connectivity index (χ0v) is 13.7. The molecule has 2 rings (SSSR count). The van der Waals surface area contributed by atoms with Crippen LogP contribution in [0.3, 0.4) is 0 Å². The molecule has 2 heterocycles. The van der Waals surface area contributed by atoms with Crippen LogP contribution in [0, 0.1) is 6.92 Å². The molecular formula is C13H17Cl2N5O. The summed E-state index contributed by atoms with van der Waals surface area (Å²) in [6.45, 7) is 5.02. The lowest BCUT2D eigenvalue weighted by Crippen LogP contribution is -2.31. The summed E-state index contributed by atoms with van der Waals surface area (Å²) in [6.07, 6.45) is 3.24. The fourth-order valence-electron chi connectivity index (χ4n) is 1.96. The predicted octanol–water partition coefficient (Wildman–Crippen LogP) is 2.37. The number of rotatable bonds is 5. The van der Waals surface area contributed by atoms with E-state index >= 15 is 0 Å². The van der Waals surface area contributed by atoms with Crippen LogP contribution in [0.5, 0.6) is 0 Å². The Labute approximate surface area is 133 Å². The third kappa shape index (κ3) is 3.57.